The van der Waals surface area contributed by atoms with Crippen LogP contribution in [0.5, 0.6) is 5.75 Å². The van der Waals surface area contributed by atoms with E-state index in [1.807, 2.05) is 19.9 Å². The summed E-state index contributed by atoms with van der Waals surface area (Å²) in [6.45, 7) is 9.82. The molecule has 1 heterocycles. The maximum absolute atomic E-state index is 5.71. The van der Waals surface area contributed by atoms with Crippen molar-refractivity contribution in [2.24, 2.45) is 0 Å². The van der Waals surface area contributed by atoms with Crippen LogP contribution >= 0.6 is 0 Å². The average Bonchev–Trinajstić information content (AvgIpc) is 2.70. The summed E-state index contributed by atoms with van der Waals surface area (Å²) in [4.78, 5) is 0. The van der Waals surface area contributed by atoms with Gasteiger partial charge in [0.1, 0.15) is 5.75 Å². The zero-order valence-electron chi connectivity index (χ0n) is 12.2. The first-order valence-corrected chi connectivity index (χ1v) is 6.93. The quantitative estimate of drug-likeness (QED) is 0.788. The Bertz CT molecular complexity index is 529. The Morgan fingerprint density at radius 2 is 1.84 bits per heavy atom. The molecule has 0 saturated carbocycles. The molecule has 0 aliphatic carbocycles. The highest BCUT2D eigenvalue weighted by Gasteiger charge is 2.04. The Hall–Kier alpha value is -1.48. The van der Waals surface area contributed by atoms with Gasteiger partial charge in [-0.25, -0.2) is 0 Å². The van der Waals surface area contributed by atoms with E-state index in [4.69, 9.17) is 9.47 Å². The molecule has 0 fully saturated rings. The van der Waals surface area contributed by atoms with E-state index in [2.05, 4.69) is 42.8 Å². The number of aromatic nitrogens is 1. The van der Waals surface area contributed by atoms with Gasteiger partial charge < -0.3 is 14.0 Å². The van der Waals surface area contributed by atoms with Crippen LogP contribution in [0.15, 0.2) is 30.5 Å². The van der Waals surface area contributed by atoms with E-state index >= 15 is 0 Å². The largest absolute Gasteiger partial charge is 0.491 e. The summed E-state index contributed by atoms with van der Waals surface area (Å²) in [6.07, 6.45) is 2.60. The third-order valence-corrected chi connectivity index (χ3v) is 2.90. The number of rotatable bonds is 6. The molecule has 0 saturated heterocycles. The Balaban J connectivity index is 2.10. The first-order valence-electron chi connectivity index (χ1n) is 6.93. The lowest BCUT2D eigenvalue weighted by Crippen LogP contribution is -2.09. The molecular formula is C16H23NO2. The van der Waals surface area contributed by atoms with E-state index in [1.54, 1.807) is 0 Å². The van der Waals surface area contributed by atoms with Crippen molar-refractivity contribution in [1.29, 1.82) is 0 Å². The predicted octanol–water partition coefficient (Wildman–Crippen LogP) is 3.85. The number of benzene rings is 1. The van der Waals surface area contributed by atoms with Gasteiger partial charge in [-0.3, -0.25) is 0 Å². The van der Waals surface area contributed by atoms with Gasteiger partial charge in [-0.1, -0.05) is 0 Å². The topological polar surface area (TPSA) is 23.4 Å². The summed E-state index contributed by atoms with van der Waals surface area (Å²) in [5.41, 5.74) is 1.23. The SMILES string of the molecule is CC(C)OCCn1ccc2cc(OC(C)C)ccc21. The smallest absolute Gasteiger partial charge is 0.120 e. The minimum Gasteiger partial charge on any atom is -0.491 e. The van der Waals surface area contributed by atoms with E-state index < -0.39 is 0 Å². The molecule has 3 heteroatoms. The zero-order chi connectivity index (χ0) is 13.8. The highest BCUT2D eigenvalue weighted by Crippen LogP contribution is 2.22. The van der Waals surface area contributed by atoms with Crippen molar-refractivity contribution in [2.45, 2.75) is 46.4 Å². The van der Waals surface area contributed by atoms with Gasteiger partial charge in [0.25, 0.3) is 0 Å². The van der Waals surface area contributed by atoms with E-state index in [-0.39, 0.29) is 12.2 Å². The highest BCUT2D eigenvalue weighted by atomic mass is 16.5. The molecule has 104 valence electrons. The number of ether oxygens (including phenoxy) is 2. The monoisotopic (exact) mass is 261 g/mol. The fourth-order valence-electron chi connectivity index (χ4n) is 2.11. The molecule has 1 aromatic heterocycles. The van der Waals surface area contributed by atoms with E-state index in [1.165, 1.54) is 10.9 Å². The van der Waals surface area contributed by atoms with E-state index in [9.17, 15) is 0 Å². The molecule has 0 radical (unpaired) electrons. The molecule has 0 atom stereocenters. The number of hydrogen-bond donors (Lipinski definition) is 0. The van der Waals surface area contributed by atoms with Crippen LogP contribution in [0.4, 0.5) is 0 Å². The van der Waals surface area contributed by atoms with Crippen LogP contribution in [-0.4, -0.2) is 23.4 Å². The maximum atomic E-state index is 5.71. The van der Waals surface area contributed by atoms with Gasteiger partial charge in [0.15, 0.2) is 0 Å². The maximum Gasteiger partial charge on any atom is 0.120 e. The lowest BCUT2D eigenvalue weighted by atomic mass is 10.2. The fourth-order valence-corrected chi connectivity index (χ4v) is 2.11. The van der Waals surface area contributed by atoms with Gasteiger partial charge in [-0.05, 0) is 52.0 Å². The third kappa shape index (κ3) is 3.74. The van der Waals surface area contributed by atoms with E-state index in [0.29, 0.717) is 0 Å². The Labute approximate surface area is 115 Å². The van der Waals surface area contributed by atoms with Crippen LogP contribution in [0.3, 0.4) is 0 Å². The molecule has 0 unspecified atom stereocenters. The predicted molar refractivity (Wildman–Crippen MR) is 78.8 cm³/mol. The molecule has 0 aliphatic heterocycles. The summed E-state index contributed by atoms with van der Waals surface area (Å²) in [7, 11) is 0. The van der Waals surface area contributed by atoms with Crippen molar-refractivity contribution in [3.8, 4) is 5.75 Å². The van der Waals surface area contributed by atoms with Crippen molar-refractivity contribution in [2.75, 3.05) is 6.61 Å². The molecule has 0 spiro atoms. The van der Waals surface area contributed by atoms with Crippen molar-refractivity contribution in [3.63, 3.8) is 0 Å². The van der Waals surface area contributed by atoms with Gasteiger partial charge in [0.05, 0.1) is 18.8 Å². The van der Waals surface area contributed by atoms with Gasteiger partial charge in [-0.15, -0.1) is 0 Å². The first-order chi connectivity index (χ1) is 9.06. The van der Waals surface area contributed by atoms with Crippen molar-refractivity contribution < 1.29 is 9.47 Å². The minimum absolute atomic E-state index is 0.207. The number of nitrogens with zero attached hydrogens (tertiary/aromatic N) is 1. The number of fused-ring (bicyclic) bond motifs is 1. The molecule has 0 amide bonds. The van der Waals surface area contributed by atoms with E-state index in [0.717, 1.165) is 18.9 Å². The second-order valence-corrected chi connectivity index (χ2v) is 5.32. The summed E-state index contributed by atoms with van der Waals surface area (Å²) in [5.74, 6) is 0.929. The molecule has 2 aromatic rings. The standard InChI is InChI=1S/C16H23NO2/c1-12(2)18-10-9-17-8-7-14-11-15(19-13(3)4)5-6-16(14)17/h5-8,11-13H,9-10H2,1-4H3. The van der Waals surface area contributed by atoms with Crippen LogP contribution in [-0.2, 0) is 11.3 Å². The minimum atomic E-state index is 0.207. The molecule has 3 nitrogen and oxygen atoms in total. The molecule has 0 bridgehead atoms. The van der Waals surface area contributed by atoms with Crippen molar-refractivity contribution in [3.05, 3.63) is 30.5 Å². The Morgan fingerprint density at radius 1 is 1.05 bits per heavy atom. The average molecular weight is 261 g/mol. The summed E-state index contributed by atoms with van der Waals surface area (Å²) in [6, 6.07) is 8.36. The van der Waals surface area contributed by atoms with Crippen LogP contribution in [0.2, 0.25) is 0 Å². The van der Waals surface area contributed by atoms with Crippen LogP contribution < -0.4 is 4.74 Å². The Kier molecular flexibility index (Phi) is 4.48. The van der Waals surface area contributed by atoms with Crippen LogP contribution in [0.25, 0.3) is 10.9 Å². The van der Waals surface area contributed by atoms with Crippen LogP contribution in [0, 0.1) is 0 Å². The lowest BCUT2D eigenvalue weighted by Gasteiger charge is -2.11. The second-order valence-electron chi connectivity index (χ2n) is 5.32. The molecule has 1 aromatic carbocycles. The van der Waals surface area contributed by atoms with Crippen molar-refractivity contribution in [1.82, 2.24) is 4.57 Å². The second kappa shape index (κ2) is 6.11. The summed E-state index contributed by atoms with van der Waals surface area (Å²) in [5, 5.41) is 1.21. The molecule has 19 heavy (non-hydrogen) atoms. The third-order valence-electron chi connectivity index (χ3n) is 2.90. The van der Waals surface area contributed by atoms with Gasteiger partial charge in [0.2, 0.25) is 0 Å². The van der Waals surface area contributed by atoms with Gasteiger partial charge >= 0.3 is 0 Å². The lowest BCUT2D eigenvalue weighted by molar-refractivity contribution is 0.0733. The molecule has 2 rings (SSSR count). The van der Waals surface area contributed by atoms with Gasteiger partial charge in [-0.2, -0.15) is 0 Å². The molecule has 0 N–H and O–H groups in total. The zero-order valence-corrected chi connectivity index (χ0v) is 12.2. The first kappa shape index (κ1) is 13.9. The fraction of sp³-hybridized carbons (Fsp3) is 0.500. The number of hydrogen-bond acceptors (Lipinski definition) is 2. The summed E-state index contributed by atoms with van der Waals surface area (Å²) < 4.78 is 13.5. The highest BCUT2D eigenvalue weighted by molar-refractivity contribution is 5.81. The molecular weight excluding hydrogens is 238 g/mol. The normalized spacial score (nSPS) is 11.7. The van der Waals surface area contributed by atoms with Gasteiger partial charge in [0, 0.05) is 23.6 Å². The molecule has 0 aliphatic rings. The van der Waals surface area contributed by atoms with Crippen LogP contribution in [0.1, 0.15) is 27.7 Å². The summed E-state index contributed by atoms with van der Waals surface area (Å²) >= 11 is 0. The van der Waals surface area contributed by atoms with Crippen molar-refractivity contribution >= 4 is 10.9 Å². The Morgan fingerprint density at radius 3 is 2.53 bits per heavy atom.